The summed E-state index contributed by atoms with van der Waals surface area (Å²) in [6.07, 6.45) is 2.76. The summed E-state index contributed by atoms with van der Waals surface area (Å²) in [5.41, 5.74) is 0.966. The van der Waals surface area contributed by atoms with Gasteiger partial charge in [-0.1, -0.05) is 12.1 Å². The van der Waals surface area contributed by atoms with Crippen molar-refractivity contribution < 1.29 is 14.6 Å². The fourth-order valence-corrected chi connectivity index (χ4v) is 1.95. The molecule has 0 saturated carbocycles. The molecule has 1 atom stereocenters. The number of hydrogen-bond donors (Lipinski definition) is 2. The lowest BCUT2D eigenvalue weighted by atomic mass is 10.1. The zero-order valence-electron chi connectivity index (χ0n) is 12.8. The Morgan fingerprint density at radius 3 is 2.59 bits per heavy atom. The number of rotatable bonds is 6. The Labute approximate surface area is 129 Å². The van der Waals surface area contributed by atoms with Crippen LogP contribution in [0.3, 0.4) is 0 Å². The van der Waals surface area contributed by atoms with Gasteiger partial charge in [0.15, 0.2) is 5.69 Å². The minimum absolute atomic E-state index is 0.0132. The van der Waals surface area contributed by atoms with Crippen LogP contribution >= 0.6 is 0 Å². The Bertz CT molecular complexity index is 641. The molecule has 0 radical (unpaired) electrons. The van der Waals surface area contributed by atoms with E-state index in [1.165, 1.54) is 12.4 Å². The Morgan fingerprint density at radius 1 is 1.23 bits per heavy atom. The minimum atomic E-state index is -1.09. The van der Waals surface area contributed by atoms with E-state index in [0.29, 0.717) is 5.82 Å². The molecule has 0 bridgehead atoms. The maximum atomic E-state index is 10.7. The molecule has 1 aromatic heterocycles. The van der Waals surface area contributed by atoms with E-state index in [1.807, 2.05) is 45.0 Å². The highest BCUT2D eigenvalue weighted by molar-refractivity contribution is 5.84. The second kappa shape index (κ2) is 6.89. The van der Waals surface area contributed by atoms with Crippen molar-refractivity contribution in [1.82, 2.24) is 9.97 Å². The summed E-state index contributed by atoms with van der Waals surface area (Å²) >= 11 is 0. The van der Waals surface area contributed by atoms with Crippen LogP contribution in [-0.4, -0.2) is 27.1 Å². The monoisotopic (exact) mass is 301 g/mol. The summed E-state index contributed by atoms with van der Waals surface area (Å²) in [4.78, 5) is 18.6. The number of carboxylic acids is 1. The number of ether oxygens (including phenoxy) is 1. The number of anilines is 1. The van der Waals surface area contributed by atoms with Crippen LogP contribution in [0.25, 0.3) is 0 Å². The molecule has 0 fully saturated rings. The molecule has 2 rings (SSSR count). The Hall–Kier alpha value is -2.63. The Morgan fingerprint density at radius 2 is 2.00 bits per heavy atom. The summed E-state index contributed by atoms with van der Waals surface area (Å²) in [5, 5.41) is 12.0. The second-order valence-corrected chi connectivity index (χ2v) is 5.20. The molecule has 22 heavy (non-hydrogen) atoms. The molecule has 6 heteroatoms. The zero-order chi connectivity index (χ0) is 16.1. The van der Waals surface area contributed by atoms with Crippen LogP contribution in [0.2, 0.25) is 0 Å². The van der Waals surface area contributed by atoms with Gasteiger partial charge in [0.05, 0.1) is 24.5 Å². The topological polar surface area (TPSA) is 84.3 Å². The number of nitrogens with one attached hydrogen (secondary N) is 1. The van der Waals surface area contributed by atoms with Crippen molar-refractivity contribution in [1.29, 1.82) is 0 Å². The molecule has 1 aromatic carbocycles. The van der Waals surface area contributed by atoms with Gasteiger partial charge in [0.25, 0.3) is 0 Å². The predicted molar refractivity (Wildman–Crippen MR) is 83.2 cm³/mol. The fraction of sp³-hybridized carbons (Fsp3) is 0.312. The molecule has 0 aliphatic carbocycles. The number of hydrogen-bond acceptors (Lipinski definition) is 5. The number of carboxylic acid groups (broad SMARTS) is 1. The molecular formula is C16H19N3O3. The van der Waals surface area contributed by atoms with Crippen molar-refractivity contribution in [3.63, 3.8) is 0 Å². The molecular weight excluding hydrogens is 282 g/mol. The number of benzene rings is 1. The van der Waals surface area contributed by atoms with E-state index < -0.39 is 5.97 Å². The van der Waals surface area contributed by atoms with Crippen molar-refractivity contribution >= 4 is 11.8 Å². The Kier molecular flexibility index (Phi) is 4.93. The molecule has 6 nitrogen and oxygen atoms in total. The normalized spacial score (nSPS) is 12.0. The first kappa shape index (κ1) is 15.8. The molecule has 2 N–H and O–H groups in total. The van der Waals surface area contributed by atoms with Crippen LogP contribution in [0, 0.1) is 0 Å². The largest absolute Gasteiger partial charge is 0.491 e. The lowest BCUT2D eigenvalue weighted by molar-refractivity contribution is 0.0690. The van der Waals surface area contributed by atoms with Gasteiger partial charge >= 0.3 is 5.97 Å². The average Bonchev–Trinajstić information content (AvgIpc) is 2.47. The first-order chi connectivity index (χ1) is 10.5. The van der Waals surface area contributed by atoms with Gasteiger partial charge in [0, 0.05) is 0 Å². The molecule has 116 valence electrons. The summed E-state index contributed by atoms with van der Waals surface area (Å²) in [6, 6.07) is 7.80. The Balaban J connectivity index is 2.08. The standard InChI is InChI=1S/C16H19N3O3/c1-10(2)22-13-6-4-5-12(7-13)11(3)19-15-9-17-14(8-18-15)16(20)21/h4-11H,1-3H3,(H,18,19)(H,20,21). The maximum Gasteiger partial charge on any atom is 0.356 e. The predicted octanol–water partition coefficient (Wildman–Crippen LogP) is 3.14. The van der Waals surface area contributed by atoms with E-state index in [1.54, 1.807) is 0 Å². The molecule has 0 aliphatic rings. The van der Waals surface area contributed by atoms with E-state index >= 15 is 0 Å². The van der Waals surface area contributed by atoms with Crippen molar-refractivity contribution in [2.75, 3.05) is 5.32 Å². The summed E-state index contributed by atoms with van der Waals surface area (Å²) in [7, 11) is 0. The van der Waals surface area contributed by atoms with Crippen molar-refractivity contribution in [2.45, 2.75) is 32.9 Å². The molecule has 1 unspecified atom stereocenters. The molecule has 0 saturated heterocycles. The SMILES string of the molecule is CC(C)Oc1cccc(C(C)Nc2cnc(C(=O)O)cn2)c1. The molecule has 0 amide bonds. The maximum absolute atomic E-state index is 10.7. The molecule has 0 spiro atoms. The minimum Gasteiger partial charge on any atom is -0.491 e. The summed E-state index contributed by atoms with van der Waals surface area (Å²) in [6.45, 7) is 5.95. The van der Waals surface area contributed by atoms with Crippen molar-refractivity contribution in [3.8, 4) is 5.75 Å². The van der Waals surface area contributed by atoms with E-state index in [9.17, 15) is 4.79 Å². The lowest BCUT2D eigenvalue weighted by Gasteiger charge is -2.16. The van der Waals surface area contributed by atoms with Crippen molar-refractivity contribution in [3.05, 3.63) is 47.9 Å². The highest BCUT2D eigenvalue weighted by atomic mass is 16.5. The number of aromatic carboxylic acids is 1. The highest BCUT2D eigenvalue weighted by Gasteiger charge is 2.10. The van der Waals surface area contributed by atoms with E-state index in [-0.39, 0.29) is 17.8 Å². The third kappa shape index (κ3) is 4.18. The van der Waals surface area contributed by atoms with Crippen LogP contribution < -0.4 is 10.1 Å². The third-order valence-electron chi connectivity index (χ3n) is 2.97. The van der Waals surface area contributed by atoms with Crippen LogP contribution in [0.15, 0.2) is 36.7 Å². The van der Waals surface area contributed by atoms with Crippen LogP contribution in [0.1, 0.15) is 42.9 Å². The smallest absolute Gasteiger partial charge is 0.356 e. The van der Waals surface area contributed by atoms with Crippen LogP contribution in [0.5, 0.6) is 5.75 Å². The first-order valence-corrected chi connectivity index (χ1v) is 7.04. The fourth-order valence-electron chi connectivity index (χ4n) is 1.95. The van der Waals surface area contributed by atoms with E-state index in [0.717, 1.165) is 11.3 Å². The van der Waals surface area contributed by atoms with Gasteiger partial charge in [0.1, 0.15) is 11.6 Å². The van der Waals surface area contributed by atoms with Gasteiger partial charge < -0.3 is 15.2 Å². The third-order valence-corrected chi connectivity index (χ3v) is 2.97. The van der Waals surface area contributed by atoms with Crippen LogP contribution in [-0.2, 0) is 0 Å². The van der Waals surface area contributed by atoms with Gasteiger partial charge in [-0.05, 0) is 38.5 Å². The van der Waals surface area contributed by atoms with E-state index in [2.05, 4.69) is 15.3 Å². The molecule has 2 aromatic rings. The van der Waals surface area contributed by atoms with E-state index in [4.69, 9.17) is 9.84 Å². The first-order valence-electron chi connectivity index (χ1n) is 7.04. The van der Waals surface area contributed by atoms with Gasteiger partial charge in [-0.2, -0.15) is 0 Å². The highest BCUT2D eigenvalue weighted by Crippen LogP contribution is 2.22. The number of aromatic nitrogens is 2. The van der Waals surface area contributed by atoms with Gasteiger partial charge in [-0.3, -0.25) is 0 Å². The zero-order valence-corrected chi connectivity index (χ0v) is 12.8. The quantitative estimate of drug-likeness (QED) is 0.852. The van der Waals surface area contributed by atoms with Gasteiger partial charge in [-0.15, -0.1) is 0 Å². The van der Waals surface area contributed by atoms with Crippen LogP contribution in [0.4, 0.5) is 5.82 Å². The van der Waals surface area contributed by atoms with Crippen molar-refractivity contribution in [2.24, 2.45) is 0 Å². The van der Waals surface area contributed by atoms with Gasteiger partial charge in [0.2, 0.25) is 0 Å². The number of nitrogens with zero attached hydrogens (tertiary/aromatic N) is 2. The average molecular weight is 301 g/mol. The summed E-state index contributed by atoms with van der Waals surface area (Å²) < 4.78 is 5.68. The van der Waals surface area contributed by atoms with Gasteiger partial charge in [-0.25, -0.2) is 14.8 Å². The second-order valence-electron chi connectivity index (χ2n) is 5.20. The lowest BCUT2D eigenvalue weighted by Crippen LogP contribution is -2.10. The number of carbonyl (C=O) groups is 1. The molecule has 0 aliphatic heterocycles. The summed E-state index contributed by atoms with van der Waals surface area (Å²) in [5.74, 6) is 0.242. The molecule has 1 heterocycles.